The Hall–Kier alpha value is -1.17. The van der Waals surface area contributed by atoms with Crippen molar-refractivity contribution < 1.29 is 13.9 Å². The highest BCUT2D eigenvalue weighted by Crippen LogP contribution is 2.32. The lowest BCUT2D eigenvalue weighted by atomic mass is 9.97. The van der Waals surface area contributed by atoms with Crippen LogP contribution in [-0.4, -0.2) is 44.4 Å². The van der Waals surface area contributed by atoms with Gasteiger partial charge in [-0.2, -0.15) is 0 Å². The van der Waals surface area contributed by atoms with Crippen molar-refractivity contribution in [1.29, 1.82) is 0 Å². The Balaban J connectivity index is 2.34. The summed E-state index contributed by atoms with van der Waals surface area (Å²) in [7, 11) is 1.59. The fourth-order valence-electron chi connectivity index (χ4n) is 2.60. The van der Waals surface area contributed by atoms with Crippen molar-refractivity contribution >= 4 is 0 Å². The average Bonchev–Trinajstić information content (AvgIpc) is 2.40. The first-order valence-electron chi connectivity index (χ1n) is 6.54. The van der Waals surface area contributed by atoms with Gasteiger partial charge >= 0.3 is 0 Å². The van der Waals surface area contributed by atoms with Crippen LogP contribution >= 0.6 is 0 Å². The van der Waals surface area contributed by atoms with E-state index in [1.807, 2.05) is 6.92 Å². The molecular formula is C14H21FN2O2. The number of methoxy groups -OCH3 is 1. The molecule has 0 bridgehead atoms. The number of ether oxygens (including phenoxy) is 2. The van der Waals surface area contributed by atoms with Crippen molar-refractivity contribution in [2.24, 2.45) is 5.73 Å². The molecule has 19 heavy (non-hydrogen) atoms. The minimum atomic E-state index is -0.269. The standard InChI is InChI=1S/C14H21FN2O2/c1-10(16)14(17-5-7-19-8-6-17)12-9-11(15)3-4-13(12)18-2/h3-4,9-10,14H,5-8,16H2,1-2H3. The highest BCUT2D eigenvalue weighted by Gasteiger charge is 2.28. The molecule has 1 heterocycles. The fraction of sp³-hybridized carbons (Fsp3) is 0.571. The van der Waals surface area contributed by atoms with Gasteiger partial charge in [0.05, 0.1) is 26.4 Å². The number of rotatable bonds is 4. The molecule has 2 atom stereocenters. The van der Waals surface area contributed by atoms with Crippen LogP contribution in [-0.2, 0) is 4.74 Å². The van der Waals surface area contributed by atoms with Crippen molar-refractivity contribution in [2.75, 3.05) is 33.4 Å². The number of hydrogen-bond donors (Lipinski definition) is 1. The molecule has 0 aromatic heterocycles. The summed E-state index contributed by atoms with van der Waals surface area (Å²) in [6.45, 7) is 4.89. The molecule has 1 aromatic carbocycles. The smallest absolute Gasteiger partial charge is 0.123 e. The number of nitrogens with zero attached hydrogens (tertiary/aromatic N) is 1. The Labute approximate surface area is 113 Å². The highest BCUT2D eigenvalue weighted by molar-refractivity contribution is 5.37. The number of halogens is 1. The first kappa shape index (κ1) is 14.2. The number of morpholine rings is 1. The third-order valence-electron chi connectivity index (χ3n) is 3.45. The molecule has 1 aromatic rings. The van der Waals surface area contributed by atoms with E-state index in [2.05, 4.69) is 4.90 Å². The Bertz CT molecular complexity index is 420. The second-order valence-corrected chi connectivity index (χ2v) is 4.84. The van der Waals surface area contributed by atoms with Gasteiger partial charge in [0, 0.05) is 24.7 Å². The van der Waals surface area contributed by atoms with Crippen LogP contribution in [0.2, 0.25) is 0 Å². The maximum absolute atomic E-state index is 13.5. The summed E-state index contributed by atoms with van der Waals surface area (Å²) in [5.41, 5.74) is 6.92. The SMILES string of the molecule is COc1ccc(F)cc1C(C(C)N)N1CCOCC1. The Morgan fingerprint density at radius 3 is 2.63 bits per heavy atom. The first-order chi connectivity index (χ1) is 9.13. The topological polar surface area (TPSA) is 47.7 Å². The molecule has 0 aliphatic carbocycles. The van der Waals surface area contributed by atoms with Gasteiger partial charge in [-0.25, -0.2) is 4.39 Å². The lowest BCUT2D eigenvalue weighted by Gasteiger charge is -2.37. The zero-order chi connectivity index (χ0) is 13.8. The molecule has 0 spiro atoms. The minimum absolute atomic E-state index is 0.0606. The molecule has 1 fully saturated rings. The Morgan fingerprint density at radius 1 is 1.37 bits per heavy atom. The molecule has 1 saturated heterocycles. The third-order valence-corrected chi connectivity index (χ3v) is 3.45. The van der Waals surface area contributed by atoms with Crippen LogP contribution in [0, 0.1) is 5.82 Å². The predicted molar refractivity (Wildman–Crippen MR) is 71.7 cm³/mol. The number of nitrogens with two attached hydrogens (primary N) is 1. The van der Waals surface area contributed by atoms with Crippen LogP contribution in [0.3, 0.4) is 0 Å². The molecule has 0 saturated carbocycles. The van der Waals surface area contributed by atoms with Crippen LogP contribution in [0.4, 0.5) is 4.39 Å². The number of benzene rings is 1. The van der Waals surface area contributed by atoms with Crippen LogP contribution < -0.4 is 10.5 Å². The van der Waals surface area contributed by atoms with E-state index in [-0.39, 0.29) is 17.9 Å². The largest absolute Gasteiger partial charge is 0.496 e. The Kier molecular flexibility index (Phi) is 4.74. The van der Waals surface area contributed by atoms with Gasteiger partial charge in [-0.15, -0.1) is 0 Å². The molecular weight excluding hydrogens is 247 g/mol. The van der Waals surface area contributed by atoms with Gasteiger partial charge in [0.15, 0.2) is 0 Å². The molecule has 1 aliphatic rings. The van der Waals surface area contributed by atoms with E-state index in [0.29, 0.717) is 19.0 Å². The Morgan fingerprint density at radius 2 is 2.05 bits per heavy atom. The molecule has 106 valence electrons. The summed E-state index contributed by atoms with van der Waals surface area (Å²) in [4.78, 5) is 2.23. The second kappa shape index (κ2) is 6.32. The van der Waals surface area contributed by atoms with Crippen LogP contribution in [0.25, 0.3) is 0 Å². The molecule has 1 aliphatic heterocycles. The molecule has 2 unspecified atom stereocenters. The normalized spacial score (nSPS) is 20.0. The second-order valence-electron chi connectivity index (χ2n) is 4.84. The van der Waals surface area contributed by atoms with Crippen molar-refractivity contribution in [3.8, 4) is 5.75 Å². The van der Waals surface area contributed by atoms with E-state index >= 15 is 0 Å². The lowest BCUT2D eigenvalue weighted by molar-refractivity contribution is 0.0111. The van der Waals surface area contributed by atoms with E-state index < -0.39 is 0 Å². The van der Waals surface area contributed by atoms with Crippen LogP contribution in [0.1, 0.15) is 18.5 Å². The highest BCUT2D eigenvalue weighted by atomic mass is 19.1. The maximum Gasteiger partial charge on any atom is 0.123 e. The van der Waals surface area contributed by atoms with E-state index in [9.17, 15) is 4.39 Å². The van der Waals surface area contributed by atoms with Gasteiger partial charge in [0.25, 0.3) is 0 Å². The number of hydrogen-bond acceptors (Lipinski definition) is 4. The lowest BCUT2D eigenvalue weighted by Crippen LogP contribution is -2.45. The van der Waals surface area contributed by atoms with Crippen molar-refractivity contribution in [1.82, 2.24) is 4.90 Å². The summed E-state index contributed by atoms with van der Waals surface area (Å²) in [6.07, 6.45) is 0. The van der Waals surface area contributed by atoms with E-state index in [1.54, 1.807) is 13.2 Å². The quantitative estimate of drug-likeness (QED) is 0.900. The third kappa shape index (κ3) is 3.23. The van der Waals surface area contributed by atoms with Crippen molar-refractivity contribution in [3.05, 3.63) is 29.6 Å². The van der Waals surface area contributed by atoms with E-state index in [0.717, 1.165) is 18.7 Å². The predicted octanol–water partition coefficient (Wildman–Crippen LogP) is 1.55. The van der Waals surface area contributed by atoms with Gasteiger partial charge in [0.1, 0.15) is 11.6 Å². The average molecular weight is 268 g/mol. The summed E-state index contributed by atoms with van der Waals surface area (Å²) in [6, 6.07) is 4.39. The zero-order valence-electron chi connectivity index (χ0n) is 11.4. The summed E-state index contributed by atoms with van der Waals surface area (Å²) in [5, 5.41) is 0. The zero-order valence-corrected chi connectivity index (χ0v) is 11.4. The molecule has 5 heteroatoms. The summed E-state index contributed by atoms with van der Waals surface area (Å²) in [5.74, 6) is 0.407. The fourth-order valence-corrected chi connectivity index (χ4v) is 2.60. The van der Waals surface area contributed by atoms with Crippen LogP contribution in [0.15, 0.2) is 18.2 Å². The molecule has 4 nitrogen and oxygen atoms in total. The van der Waals surface area contributed by atoms with Crippen molar-refractivity contribution in [2.45, 2.75) is 19.0 Å². The molecule has 0 amide bonds. The van der Waals surface area contributed by atoms with Crippen LogP contribution in [0.5, 0.6) is 5.75 Å². The van der Waals surface area contributed by atoms with Gasteiger partial charge < -0.3 is 15.2 Å². The monoisotopic (exact) mass is 268 g/mol. The van der Waals surface area contributed by atoms with Gasteiger partial charge in [0.2, 0.25) is 0 Å². The van der Waals surface area contributed by atoms with E-state index in [1.165, 1.54) is 12.1 Å². The van der Waals surface area contributed by atoms with Crippen molar-refractivity contribution in [3.63, 3.8) is 0 Å². The minimum Gasteiger partial charge on any atom is -0.496 e. The van der Waals surface area contributed by atoms with Gasteiger partial charge in [-0.1, -0.05) is 0 Å². The maximum atomic E-state index is 13.5. The first-order valence-corrected chi connectivity index (χ1v) is 6.54. The van der Waals surface area contributed by atoms with E-state index in [4.69, 9.17) is 15.2 Å². The summed E-state index contributed by atoms with van der Waals surface area (Å²) < 4.78 is 24.2. The molecule has 2 N–H and O–H groups in total. The molecule has 0 radical (unpaired) electrons. The van der Waals surface area contributed by atoms with Gasteiger partial charge in [-0.3, -0.25) is 4.90 Å². The van der Waals surface area contributed by atoms with Gasteiger partial charge in [-0.05, 0) is 25.1 Å². The molecule has 2 rings (SSSR count). The summed E-state index contributed by atoms with van der Waals surface area (Å²) >= 11 is 0.